The molecule has 2 aliphatic rings. The molecule has 6 nitrogen and oxygen atoms in total. The van der Waals surface area contributed by atoms with Crippen molar-refractivity contribution in [2.24, 2.45) is 5.92 Å². The van der Waals surface area contributed by atoms with Gasteiger partial charge in [-0.15, -0.1) is 0 Å². The smallest absolute Gasteiger partial charge is 0.326 e. The van der Waals surface area contributed by atoms with E-state index in [0.29, 0.717) is 36.7 Å². The van der Waals surface area contributed by atoms with E-state index < -0.39 is 12.0 Å². The van der Waals surface area contributed by atoms with E-state index in [1.807, 2.05) is 18.2 Å². The third-order valence-electron chi connectivity index (χ3n) is 5.74. The first kappa shape index (κ1) is 18.5. The maximum absolute atomic E-state index is 12.9. The Morgan fingerprint density at radius 1 is 1.15 bits per heavy atom. The van der Waals surface area contributed by atoms with E-state index >= 15 is 0 Å². The Hall–Kier alpha value is -2.24. The third-order valence-corrected chi connectivity index (χ3v) is 5.74. The van der Waals surface area contributed by atoms with Crippen LogP contribution in [0.25, 0.3) is 0 Å². The summed E-state index contributed by atoms with van der Waals surface area (Å²) >= 11 is 0. The molecule has 1 amide bonds. The SMILES string of the molecule is COc1ccc(CCC(=O)N2[C@H](C(=O)O)C[C@H]3CCCC[C@@H]32)cc1OC. The lowest BCUT2D eigenvalue weighted by Crippen LogP contribution is -2.46. The van der Waals surface area contributed by atoms with Crippen molar-refractivity contribution in [2.75, 3.05) is 14.2 Å². The summed E-state index contributed by atoms with van der Waals surface area (Å²) in [7, 11) is 3.17. The van der Waals surface area contributed by atoms with Crippen LogP contribution >= 0.6 is 0 Å². The zero-order valence-electron chi connectivity index (χ0n) is 15.4. The maximum atomic E-state index is 12.9. The Morgan fingerprint density at radius 2 is 1.88 bits per heavy atom. The standard InChI is InChI=1S/C20H27NO5/c1-25-17-9-7-13(11-18(17)26-2)8-10-19(22)21-15-6-4-3-5-14(15)12-16(21)20(23)24/h7,9,11,14-16H,3-6,8,10,12H2,1-2H3,(H,23,24)/t14-,15+,16+/m1/s1. The molecule has 0 spiro atoms. The van der Waals surface area contributed by atoms with Crippen molar-refractivity contribution in [2.45, 2.75) is 57.0 Å². The largest absolute Gasteiger partial charge is 0.493 e. The Labute approximate surface area is 154 Å². The van der Waals surface area contributed by atoms with Crippen LogP contribution in [0.15, 0.2) is 18.2 Å². The van der Waals surface area contributed by atoms with E-state index in [2.05, 4.69) is 0 Å². The number of hydrogen-bond acceptors (Lipinski definition) is 4. The van der Waals surface area contributed by atoms with Crippen molar-refractivity contribution in [1.29, 1.82) is 0 Å². The minimum Gasteiger partial charge on any atom is -0.493 e. The number of methoxy groups -OCH3 is 2. The van der Waals surface area contributed by atoms with Crippen molar-refractivity contribution >= 4 is 11.9 Å². The minimum atomic E-state index is -0.876. The van der Waals surface area contributed by atoms with Crippen LogP contribution in [0.3, 0.4) is 0 Å². The number of nitrogens with zero attached hydrogens (tertiary/aromatic N) is 1. The van der Waals surface area contributed by atoms with Crippen LogP contribution < -0.4 is 9.47 Å². The molecule has 1 saturated carbocycles. The number of aliphatic carboxylic acids is 1. The third kappa shape index (κ3) is 3.64. The first-order chi connectivity index (χ1) is 12.5. The van der Waals surface area contributed by atoms with Crippen molar-refractivity contribution < 1.29 is 24.2 Å². The van der Waals surface area contributed by atoms with Gasteiger partial charge in [0.2, 0.25) is 5.91 Å². The number of likely N-dealkylation sites (tertiary alicyclic amines) is 1. The molecule has 6 heteroatoms. The fraction of sp³-hybridized carbons (Fsp3) is 0.600. The second-order valence-corrected chi connectivity index (χ2v) is 7.19. The average Bonchev–Trinajstić information content (AvgIpc) is 3.05. The predicted molar refractivity (Wildman–Crippen MR) is 96.5 cm³/mol. The van der Waals surface area contributed by atoms with Gasteiger partial charge in [0.1, 0.15) is 6.04 Å². The van der Waals surface area contributed by atoms with E-state index in [1.54, 1.807) is 19.1 Å². The molecule has 1 aliphatic carbocycles. The van der Waals surface area contributed by atoms with E-state index in [-0.39, 0.29) is 11.9 Å². The summed E-state index contributed by atoms with van der Waals surface area (Å²) in [6.45, 7) is 0. The zero-order chi connectivity index (χ0) is 18.7. The summed E-state index contributed by atoms with van der Waals surface area (Å²) in [6.07, 6.45) is 5.64. The number of rotatable bonds is 6. The molecule has 0 aromatic heterocycles. The molecular formula is C20H27NO5. The lowest BCUT2D eigenvalue weighted by molar-refractivity contribution is -0.149. The minimum absolute atomic E-state index is 0.0541. The molecule has 0 radical (unpaired) electrons. The first-order valence-electron chi connectivity index (χ1n) is 9.30. The van der Waals surface area contributed by atoms with Crippen molar-refractivity contribution in [3.8, 4) is 11.5 Å². The van der Waals surface area contributed by atoms with Gasteiger partial charge in [-0.1, -0.05) is 18.9 Å². The van der Waals surface area contributed by atoms with Gasteiger partial charge >= 0.3 is 5.97 Å². The number of aryl methyl sites for hydroxylation is 1. The summed E-state index contributed by atoms with van der Waals surface area (Å²) in [5.74, 6) is 0.697. The van der Waals surface area contributed by atoms with Gasteiger partial charge in [0.05, 0.1) is 14.2 Å². The topological polar surface area (TPSA) is 76.1 Å². The summed E-state index contributed by atoms with van der Waals surface area (Å²) < 4.78 is 10.5. The monoisotopic (exact) mass is 361 g/mol. The van der Waals surface area contributed by atoms with Crippen LogP contribution in [-0.4, -0.2) is 48.2 Å². The first-order valence-corrected chi connectivity index (χ1v) is 9.30. The molecule has 3 rings (SSSR count). The van der Waals surface area contributed by atoms with Crippen LogP contribution in [0.4, 0.5) is 0 Å². The molecule has 1 aliphatic heterocycles. The quantitative estimate of drug-likeness (QED) is 0.843. The van der Waals surface area contributed by atoms with E-state index in [9.17, 15) is 14.7 Å². The zero-order valence-corrected chi connectivity index (χ0v) is 15.4. The van der Waals surface area contributed by atoms with Gasteiger partial charge in [-0.25, -0.2) is 4.79 Å². The van der Waals surface area contributed by atoms with E-state index in [1.165, 1.54) is 0 Å². The Kier molecular flexibility index (Phi) is 5.69. The fourth-order valence-electron chi connectivity index (χ4n) is 4.46. The van der Waals surface area contributed by atoms with Crippen LogP contribution in [0.5, 0.6) is 11.5 Å². The predicted octanol–water partition coefficient (Wildman–Crippen LogP) is 2.88. The van der Waals surface area contributed by atoms with Gasteiger partial charge in [-0.05, 0) is 49.3 Å². The Morgan fingerprint density at radius 3 is 2.58 bits per heavy atom. The number of carboxylic acid groups (broad SMARTS) is 1. The molecule has 1 heterocycles. The van der Waals surface area contributed by atoms with Gasteiger partial charge in [0.25, 0.3) is 0 Å². The van der Waals surface area contributed by atoms with Crippen LogP contribution in [0, 0.1) is 5.92 Å². The van der Waals surface area contributed by atoms with Crippen molar-refractivity contribution in [3.63, 3.8) is 0 Å². The molecule has 2 fully saturated rings. The summed E-state index contributed by atoms with van der Waals surface area (Å²) in [4.78, 5) is 26.2. The van der Waals surface area contributed by atoms with Crippen LogP contribution in [-0.2, 0) is 16.0 Å². The Bertz CT molecular complexity index is 674. The van der Waals surface area contributed by atoms with Crippen molar-refractivity contribution in [3.05, 3.63) is 23.8 Å². The fourth-order valence-corrected chi connectivity index (χ4v) is 4.46. The van der Waals surface area contributed by atoms with E-state index in [0.717, 1.165) is 31.2 Å². The molecule has 0 unspecified atom stereocenters. The normalized spacial score (nSPS) is 24.8. The summed E-state index contributed by atoms with van der Waals surface area (Å²) in [5, 5.41) is 9.57. The molecule has 1 aromatic rings. The number of carbonyl (C=O) groups is 2. The molecule has 0 bridgehead atoms. The van der Waals surface area contributed by atoms with Crippen LogP contribution in [0.1, 0.15) is 44.1 Å². The highest BCUT2D eigenvalue weighted by Crippen LogP contribution is 2.40. The number of benzene rings is 1. The summed E-state index contributed by atoms with van der Waals surface area (Å²) in [6, 6.07) is 5.04. The molecular weight excluding hydrogens is 334 g/mol. The molecule has 3 atom stereocenters. The van der Waals surface area contributed by atoms with Gasteiger partial charge in [0.15, 0.2) is 11.5 Å². The number of carbonyl (C=O) groups excluding carboxylic acids is 1. The highest BCUT2D eigenvalue weighted by atomic mass is 16.5. The molecule has 1 aromatic carbocycles. The highest BCUT2D eigenvalue weighted by Gasteiger charge is 2.47. The number of carboxylic acids is 1. The number of hydrogen-bond donors (Lipinski definition) is 1. The molecule has 1 N–H and O–H groups in total. The van der Waals surface area contributed by atoms with E-state index in [4.69, 9.17) is 9.47 Å². The van der Waals surface area contributed by atoms with Gasteiger partial charge in [-0.3, -0.25) is 4.79 Å². The number of ether oxygens (including phenoxy) is 2. The molecule has 26 heavy (non-hydrogen) atoms. The second kappa shape index (κ2) is 7.98. The number of amides is 1. The lowest BCUT2D eigenvalue weighted by atomic mass is 9.84. The van der Waals surface area contributed by atoms with Gasteiger partial charge in [0, 0.05) is 12.5 Å². The number of fused-ring (bicyclic) bond motifs is 1. The average molecular weight is 361 g/mol. The highest BCUT2D eigenvalue weighted by molar-refractivity contribution is 5.85. The van der Waals surface area contributed by atoms with Crippen molar-refractivity contribution in [1.82, 2.24) is 4.90 Å². The second-order valence-electron chi connectivity index (χ2n) is 7.19. The maximum Gasteiger partial charge on any atom is 0.326 e. The van der Waals surface area contributed by atoms with Gasteiger partial charge < -0.3 is 19.5 Å². The van der Waals surface area contributed by atoms with Crippen LogP contribution in [0.2, 0.25) is 0 Å². The lowest BCUT2D eigenvalue weighted by Gasteiger charge is -2.33. The molecule has 1 saturated heterocycles. The molecule has 142 valence electrons. The Balaban J connectivity index is 1.69. The summed E-state index contributed by atoms with van der Waals surface area (Å²) in [5.41, 5.74) is 0.974. The van der Waals surface area contributed by atoms with Gasteiger partial charge in [-0.2, -0.15) is 0 Å².